The lowest BCUT2D eigenvalue weighted by Crippen LogP contribution is -2.26. The summed E-state index contributed by atoms with van der Waals surface area (Å²) in [6.07, 6.45) is 4.35. The van der Waals surface area contributed by atoms with Crippen LogP contribution in [0.2, 0.25) is 0 Å². The summed E-state index contributed by atoms with van der Waals surface area (Å²) >= 11 is 0. The van der Waals surface area contributed by atoms with Crippen LogP contribution >= 0.6 is 0 Å². The minimum Gasteiger partial charge on any atom is -0.426 e. The van der Waals surface area contributed by atoms with E-state index < -0.39 is 5.97 Å². The molecule has 1 aliphatic heterocycles. The number of esters is 1. The van der Waals surface area contributed by atoms with Gasteiger partial charge in [0.1, 0.15) is 5.75 Å². The van der Waals surface area contributed by atoms with E-state index in [1.807, 2.05) is 36.4 Å². The molecule has 2 aromatic rings. The van der Waals surface area contributed by atoms with Crippen molar-refractivity contribution in [3.63, 3.8) is 0 Å². The molecule has 4 rings (SSSR count). The highest BCUT2D eigenvalue weighted by atomic mass is 16.7. The second kappa shape index (κ2) is 8.03. The molecule has 2 aromatic carbocycles. The van der Waals surface area contributed by atoms with E-state index in [4.69, 9.17) is 14.2 Å². The standard InChI is InChI=1S/C22H22O5/c23-20-14-19(27-22-7-3-4-10-25-22)12-17(20)13-21(24)26-18-9-8-15-5-1-2-6-16(15)11-18/h1-2,5-6,8-9,11-12,19,22H,3-4,7,10,13-14H2/t19-,22?/m0/s1. The first-order chi connectivity index (χ1) is 13.2. The van der Waals surface area contributed by atoms with Crippen molar-refractivity contribution in [1.82, 2.24) is 0 Å². The predicted octanol–water partition coefficient (Wildman–Crippen LogP) is 3.95. The molecule has 1 saturated heterocycles. The zero-order chi connectivity index (χ0) is 18.6. The minimum atomic E-state index is -0.445. The SMILES string of the molecule is O=C(CC1=C[C@H](OC2CCCCO2)CC1=O)Oc1ccc2ccccc2c1. The van der Waals surface area contributed by atoms with Gasteiger partial charge in [-0.2, -0.15) is 0 Å². The number of fused-ring (bicyclic) bond motifs is 1. The van der Waals surface area contributed by atoms with Crippen LogP contribution in [0.4, 0.5) is 0 Å². The highest BCUT2D eigenvalue weighted by Crippen LogP contribution is 2.26. The predicted molar refractivity (Wildman–Crippen MR) is 100 cm³/mol. The smallest absolute Gasteiger partial charge is 0.315 e. The molecule has 2 atom stereocenters. The Bertz CT molecular complexity index is 879. The molecular formula is C22H22O5. The number of rotatable bonds is 5. The van der Waals surface area contributed by atoms with Crippen LogP contribution in [0.1, 0.15) is 32.1 Å². The Kier molecular flexibility index (Phi) is 5.32. The van der Waals surface area contributed by atoms with Gasteiger partial charge in [-0.05, 0) is 48.2 Å². The molecule has 1 heterocycles. The van der Waals surface area contributed by atoms with Crippen LogP contribution < -0.4 is 4.74 Å². The van der Waals surface area contributed by atoms with Crippen molar-refractivity contribution >= 4 is 22.5 Å². The van der Waals surface area contributed by atoms with Gasteiger partial charge in [-0.15, -0.1) is 0 Å². The Balaban J connectivity index is 1.36. The molecule has 0 saturated carbocycles. The van der Waals surface area contributed by atoms with E-state index in [1.165, 1.54) is 0 Å². The summed E-state index contributed by atoms with van der Waals surface area (Å²) in [5.74, 6) is -0.0288. The fourth-order valence-electron chi connectivity index (χ4n) is 3.50. The summed E-state index contributed by atoms with van der Waals surface area (Å²) in [4.78, 5) is 24.5. The molecule has 5 nitrogen and oxygen atoms in total. The third-order valence-electron chi connectivity index (χ3n) is 4.88. The van der Waals surface area contributed by atoms with Gasteiger partial charge in [0.2, 0.25) is 0 Å². The average Bonchev–Trinajstić information content (AvgIpc) is 3.01. The second-order valence-electron chi connectivity index (χ2n) is 6.95. The largest absolute Gasteiger partial charge is 0.426 e. The van der Waals surface area contributed by atoms with E-state index in [2.05, 4.69) is 0 Å². The van der Waals surface area contributed by atoms with Crippen molar-refractivity contribution in [2.75, 3.05) is 6.61 Å². The number of carbonyl (C=O) groups excluding carboxylic acids is 2. The Labute approximate surface area is 157 Å². The second-order valence-corrected chi connectivity index (χ2v) is 6.95. The number of Topliss-reactive ketones (excluding diaryl/α,β-unsaturated/α-hetero) is 1. The zero-order valence-corrected chi connectivity index (χ0v) is 15.1. The van der Waals surface area contributed by atoms with Gasteiger partial charge in [-0.1, -0.05) is 30.3 Å². The lowest BCUT2D eigenvalue weighted by Gasteiger charge is -2.24. The Hall–Kier alpha value is -2.50. The van der Waals surface area contributed by atoms with E-state index in [9.17, 15) is 9.59 Å². The summed E-state index contributed by atoms with van der Waals surface area (Å²) in [5.41, 5.74) is 0.460. The number of carbonyl (C=O) groups is 2. The van der Waals surface area contributed by atoms with Crippen molar-refractivity contribution in [1.29, 1.82) is 0 Å². The topological polar surface area (TPSA) is 61.8 Å². The van der Waals surface area contributed by atoms with Crippen LogP contribution in [-0.2, 0) is 19.1 Å². The number of ether oxygens (including phenoxy) is 3. The fourth-order valence-corrected chi connectivity index (χ4v) is 3.50. The normalized spacial score (nSPS) is 22.7. The maximum absolute atomic E-state index is 12.3. The van der Waals surface area contributed by atoms with Crippen LogP contribution in [0.25, 0.3) is 10.8 Å². The Morgan fingerprint density at radius 3 is 2.78 bits per heavy atom. The van der Waals surface area contributed by atoms with Gasteiger partial charge in [0.05, 0.1) is 12.5 Å². The molecule has 0 amide bonds. The van der Waals surface area contributed by atoms with Gasteiger partial charge in [0.15, 0.2) is 12.1 Å². The highest BCUT2D eigenvalue weighted by Gasteiger charge is 2.29. The number of benzene rings is 2. The van der Waals surface area contributed by atoms with Crippen LogP contribution in [0, 0.1) is 0 Å². The Morgan fingerprint density at radius 1 is 1.11 bits per heavy atom. The molecule has 0 bridgehead atoms. The fraction of sp³-hybridized carbons (Fsp3) is 0.364. The average molecular weight is 366 g/mol. The molecule has 0 aromatic heterocycles. The molecule has 1 aliphatic carbocycles. The van der Waals surface area contributed by atoms with E-state index >= 15 is 0 Å². The van der Waals surface area contributed by atoms with Gasteiger partial charge in [0.25, 0.3) is 0 Å². The zero-order valence-electron chi connectivity index (χ0n) is 15.1. The first kappa shape index (κ1) is 17.9. The van der Waals surface area contributed by atoms with Crippen molar-refractivity contribution in [2.45, 2.75) is 44.5 Å². The minimum absolute atomic E-state index is 0.0446. The van der Waals surface area contributed by atoms with E-state index in [1.54, 1.807) is 12.1 Å². The summed E-state index contributed by atoms with van der Waals surface area (Å²) in [6, 6.07) is 13.4. The van der Waals surface area contributed by atoms with Crippen LogP contribution in [0.3, 0.4) is 0 Å². The summed E-state index contributed by atoms with van der Waals surface area (Å²) < 4.78 is 16.8. The summed E-state index contributed by atoms with van der Waals surface area (Å²) in [6.45, 7) is 0.694. The van der Waals surface area contributed by atoms with Crippen LogP contribution in [0.5, 0.6) is 5.75 Å². The van der Waals surface area contributed by atoms with E-state index in [0.717, 1.165) is 30.0 Å². The van der Waals surface area contributed by atoms with Gasteiger partial charge >= 0.3 is 5.97 Å². The van der Waals surface area contributed by atoms with Crippen molar-refractivity contribution in [3.8, 4) is 5.75 Å². The van der Waals surface area contributed by atoms with Crippen molar-refractivity contribution in [2.24, 2.45) is 0 Å². The third-order valence-corrected chi connectivity index (χ3v) is 4.88. The van der Waals surface area contributed by atoms with Gasteiger partial charge in [-0.25, -0.2) is 0 Å². The van der Waals surface area contributed by atoms with Gasteiger partial charge in [0, 0.05) is 18.6 Å². The molecule has 2 aliphatic rings. The number of hydrogen-bond acceptors (Lipinski definition) is 5. The molecule has 140 valence electrons. The maximum Gasteiger partial charge on any atom is 0.315 e. The molecule has 1 fully saturated rings. The summed E-state index contributed by atoms with van der Waals surface area (Å²) in [7, 11) is 0. The summed E-state index contributed by atoms with van der Waals surface area (Å²) in [5, 5.41) is 2.08. The third kappa shape index (κ3) is 4.43. The first-order valence-corrected chi connectivity index (χ1v) is 9.38. The van der Waals surface area contributed by atoms with Crippen molar-refractivity contribution < 1.29 is 23.8 Å². The monoisotopic (exact) mass is 366 g/mol. The Morgan fingerprint density at radius 2 is 1.96 bits per heavy atom. The lowest BCUT2D eigenvalue weighted by atomic mass is 10.1. The quantitative estimate of drug-likeness (QED) is 0.592. The van der Waals surface area contributed by atoms with Crippen molar-refractivity contribution in [3.05, 3.63) is 54.1 Å². The molecule has 27 heavy (non-hydrogen) atoms. The number of ketones is 1. The molecular weight excluding hydrogens is 344 g/mol. The molecule has 5 heteroatoms. The maximum atomic E-state index is 12.3. The first-order valence-electron chi connectivity index (χ1n) is 9.38. The van der Waals surface area contributed by atoms with Crippen LogP contribution in [-0.4, -0.2) is 30.8 Å². The van der Waals surface area contributed by atoms with E-state index in [0.29, 0.717) is 17.9 Å². The molecule has 0 spiro atoms. The van der Waals surface area contributed by atoms with Gasteiger partial charge < -0.3 is 14.2 Å². The number of hydrogen-bond donors (Lipinski definition) is 0. The molecule has 0 N–H and O–H groups in total. The van der Waals surface area contributed by atoms with Crippen LogP contribution in [0.15, 0.2) is 54.1 Å². The highest BCUT2D eigenvalue weighted by molar-refractivity contribution is 6.02. The molecule has 1 unspecified atom stereocenters. The molecule has 0 radical (unpaired) electrons. The van der Waals surface area contributed by atoms with Gasteiger partial charge in [-0.3, -0.25) is 9.59 Å². The van der Waals surface area contributed by atoms with E-state index in [-0.39, 0.29) is 31.0 Å². The lowest BCUT2D eigenvalue weighted by molar-refractivity contribution is -0.178.